The average Bonchev–Trinajstić information content (AvgIpc) is 3.02. The zero-order chi connectivity index (χ0) is 18.3. The van der Waals surface area contributed by atoms with Crippen molar-refractivity contribution in [1.29, 1.82) is 4.78 Å². The molecule has 1 saturated heterocycles. The Hall–Kier alpha value is -2.69. The average molecular weight is 377 g/mol. The first-order valence-corrected chi connectivity index (χ1v) is 10.1. The molecule has 0 spiro atoms. The lowest BCUT2D eigenvalue weighted by atomic mass is 10.2. The highest BCUT2D eigenvalue weighted by Gasteiger charge is 2.29. The van der Waals surface area contributed by atoms with Crippen LogP contribution in [-0.2, 0) is 16.1 Å². The largest absolute Gasteiger partial charge is 0.364 e. The lowest BCUT2D eigenvalue weighted by Crippen LogP contribution is -2.31. The summed E-state index contributed by atoms with van der Waals surface area (Å²) in [4.78, 5) is 38.5. The summed E-state index contributed by atoms with van der Waals surface area (Å²) in [5.41, 5.74) is -0.302. The lowest BCUT2D eigenvalue weighted by molar-refractivity contribution is 0.659. The van der Waals surface area contributed by atoms with E-state index in [1.165, 1.54) is 12.4 Å². The summed E-state index contributed by atoms with van der Waals surface area (Å²) >= 11 is 0. The van der Waals surface area contributed by atoms with E-state index in [-0.39, 0.29) is 6.04 Å². The van der Waals surface area contributed by atoms with Gasteiger partial charge in [-0.2, -0.15) is 0 Å². The number of aryl methyl sites for hydroxylation is 1. The molecule has 26 heavy (non-hydrogen) atoms. The fourth-order valence-electron chi connectivity index (χ4n) is 3.50. The topological polar surface area (TPSA) is 148 Å². The third-order valence-electron chi connectivity index (χ3n) is 4.67. The maximum atomic E-state index is 12.6. The van der Waals surface area contributed by atoms with Gasteiger partial charge in [0.2, 0.25) is 0 Å². The van der Waals surface area contributed by atoms with Crippen LogP contribution in [0.15, 0.2) is 26.9 Å². The molecule has 0 aliphatic carbocycles. The molecule has 2 aliphatic heterocycles. The molecular weight excluding hydrogens is 358 g/mol. The third-order valence-corrected chi connectivity index (χ3v) is 6.62. The van der Waals surface area contributed by atoms with Gasteiger partial charge in [0, 0.05) is 31.0 Å². The Morgan fingerprint density at radius 3 is 2.96 bits per heavy atom. The minimum absolute atomic E-state index is 0.00563. The second-order valence-electron chi connectivity index (χ2n) is 6.53. The van der Waals surface area contributed by atoms with E-state index < -0.39 is 21.0 Å². The van der Waals surface area contributed by atoms with Crippen molar-refractivity contribution in [1.82, 2.24) is 19.9 Å². The lowest BCUT2D eigenvalue weighted by Gasteiger charge is -2.23. The molecule has 4 N–H and O–H groups in total. The Labute approximate surface area is 149 Å². The Bertz CT molecular complexity index is 1030. The van der Waals surface area contributed by atoms with Crippen molar-refractivity contribution in [2.45, 2.75) is 30.2 Å². The van der Waals surface area contributed by atoms with Crippen molar-refractivity contribution in [3.63, 3.8) is 0 Å². The first kappa shape index (κ1) is 16.8. The number of aromatic amines is 2. The van der Waals surface area contributed by atoms with Crippen LogP contribution >= 0.6 is 0 Å². The molecule has 4 rings (SSSR count). The van der Waals surface area contributed by atoms with Gasteiger partial charge < -0.3 is 10.2 Å². The van der Waals surface area contributed by atoms with Gasteiger partial charge in [0.25, 0.3) is 5.56 Å². The molecular formula is C15H19N7O3S. The van der Waals surface area contributed by atoms with Gasteiger partial charge in [-0.05, 0) is 19.3 Å². The highest BCUT2D eigenvalue weighted by Crippen LogP contribution is 2.30. The highest BCUT2D eigenvalue weighted by atomic mass is 32.2. The second kappa shape index (κ2) is 6.24. The normalized spacial score (nSPS) is 25.1. The number of aromatic nitrogens is 4. The number of nitrogens with one attached hydrogen (secondary N) is 4. The predicted molar refractivity (Wildman–Crippen MR) is 96.3 cm³/mol. The zero-order valence-electron chi connectivity index (χ0n) is 13.9. The van der Waals surface area contributed by atoms with E-state index in [2.05, 4.69) is 25.3 Å². The van der Waals surface area contributed by atoms with Crippen LogP contribution in [0.2, 0.25) is 0 Å². The molecule has 0 radical (unpaired) electrons. The minimum atomic E-state index is -2.89. The molecule has 1 unspecified atom stereocenters. The summed E-state index contributed by atoms with van der Waals surface area (Å²) in [6.45, 7) is 1.21. The molecule has 4 heterocycles. The second-order valence-corrected chi connectivity index (χ2v) is 8.70. The summed E-state index contributed by atoms with van der Waals surface area (Å²) < 4.78 is 20.8. The summed E-state index contributed by atoms with van der Waals surface area (Å²) in [6, 6.07) is 1.35. The molecule has 0 aromatic carbocycles. The van der Waals surface area contributed by atoms with Gasteiger partial charge in [-0.15, -0.1) is 0 Å². The molecule has 2 atom stereocenters. The molecule has 11 heteroatoms. The number of H-pyrrole nitrogens is 2. The summed E-state index contributed by atoms with van der Waals surface area (Å²) in [5.74, 6) is 1.25. The molecule has 10 nitrogen and oxygen atoms in total. The maximum absolute atomic E-state index is 12.6. The van der Waals surface area contributed by atoms with Crippen molar-refractivity contribution in [2.24, 2.45) is 0 Å². The molecule has 2 aromatic rings. The Kier molecular flexibility index (Phi) is 4.02. The highest BCUT2D eigenvalue weighted by molar-refractivity contribution is 7.92. The van der Waals surface area contributed by atoms with Crippen LogP contribution in [-0.4, -0.2) is 49.0 Å². The number of hydrogen-bond acceptors (Lipinski definition) is 8. The van der Waals surface area contributed by atoms with Gasteiger partial charge in [-0.25, -0.2) is 23.8 Å². The van der Waals surface area contributed by atoms with E-state index in [1.54, 1.807) is 0 Å². The SMILES string of the molecule is N=S1(=O)CCCc2ncnc(N[C@@H]3CCN(c4cc(=O)[nH]c(=O)[nH]4)C3)c21. The van der Waals surface area contributed by atoms with Crippen LogP contribution in [0.1, 0.15) is 18.5 Å². The van der Waals surface area contributed by atoms with E-state index >= 15 is 0 Å². The van der Waals surface area contributed by atoms with E-state index in [1.807, 2.05) is 4.90 Å². The van der Waals surface area contributed by atoms with E-state index in [0.717, 1.165) is 6.42 Å². The third kappa shape index (κ3) is 3.09. The molecule has 2 aromatic heterocycles. The van der Waals surface area contributed by atoms with Crippen LogP contribution in [0.5, 0.6) is 0 Å². The van der Waals surface area contributed by atoms with E-state index in [0.29, 0.717) is 53.9 Å². The number of fused-ring (bicyclic) bond motifs is 1. The van der Waals surface area contributed by atoms with Crippen molar-refractivity contribution in [2.75, 3.05) is 29.1 Å². The maximum Gasteiger partial charge on any atom is 0.327 e. The van der Waals surface area contributed by atoms with Gasteiger partial charge in [-0.1, -0.05) is 0 Å². The molecule has 2 aliphatic rings. The Balaban J connectivity index is 1.57. The van der Waals surface area contributed by atoms with Gasteiger partial charge in [0.05, 0.1) is 15.4 Å². The molecule has 0 bridgehead atoms. The van der Waals surface area contributed by atoms with Crippen LogP contribution in [0.25, 0.3) is 0 Å². The quantitative estimate of drug-likeness (QED) is 0.583. The van der Waals surface area contributed by atoms with Crippen molar-refractivity contribution >= 4 is 21.4 Å². The van der Waals surface area contributed by atoms with Crippen molar-refractivity contribution in [3.05, 3.63) is 38.9 Å². The molecule has 0 amide bonds. The fourth-order valence-corrected chi connectivity index (χ4v) is 5.21. The predicted octanol–water partition coefficient (Wildman–Crippen LogP) is -0.104. The smallest absolute Gasteiger partial charge is 0.327 e. The molecule has 1 fully saturated rings. The van der Waals surface area contributed by atoms with E-state index in [9.17, 15) is 13.8 Å². The van der Waals surface area contributed by atoms with Gasteiger partial charge in [0.1, 0.15) is 22.9 Å². The number of nitrogens with zero attached hydrogens (tertiary/aromatic N) is 3. The van der Waals surface area contributed by atoms with E-state index in [4.69, 9.17) is 4.78 Å². The zero-order valence-corrected chi connectivity index (χ0v) is 14.8. The summed E-state index contributed by atoms with van der Waals surface area (Å²) in [6.07, 6.45) is 3.59. The first-order valence-electron chi connectivity index (χ1n) is 8.38. The first-order chi connectivity index (χ1) is 12.4. The molecule has 0 saturated carbocycles. The standard InChI is InChI=1S/C15H19N7O3S/c16-26(25)5-1-2-10-13(26)14(18-8-17-10)19-9-3-4-22(7-9)11-6-12(23)21-15(24)20-11/h6,8-9,16H,1-5,7H2,(H,17,18,19)(H2,20,21,23,24)/t9-,26?/m1/s1. The fraction of sp³-hybridized carbons (Fsp3) is 0.467. The van der Waals surface area contributed by atoms with Crippen molar-refractivity contribution < 1.29 is 4.21 Å². The summed E-state index contributed by atoms with van der Waals surface area (Å²) in [7, 11) is -2.89. The number of hydrogen-bond donors (Lipinski definition) is 4. The van der Waals surface area contributed by atoms with Crippen LogP contribution in [0.4, 0.5) is 11.6 Å². The van der Waals surface area contributed by atoms with Crippen LogP contribution in [0, 0.1) is 4.78 Å². The number of anilines is 2. The van der Waals surface area contributed by atoms with Gasteiger partial charge in [-0.3, -0.25) is 14.8 Å². The van der Waals surface area contributed by atoms with Gasteiger partial charge in [0.15, 0.2) is 0 Å². The minimum Gasteiger partial charge on any atom is -0.364 e. The molecule has 138 valence electrons. The van der Waals surface area contributed by atoms with Crippen LogP contribution < -0.4 is 21.5 Å². The van der Waals surface area contributed by atoms with Crippen LogP contribution in [0.3, 0.4) is 0 Å². The monoisotopic (exact) mass is 377 g/mol. The van der Waals surface area contributed by atoms with Gasteiger partial charge >= 0.3 is 5.69 Å². The Morgan fingerprint density at radius 1 is 1.31 bits per heavy atom. The number of rotatable bonds is 3. The van der Waals surface area contributed by atoms with Crippen molar-refractivity contribution in [3.8, 4) is 0 Å². The Morgan fingerprint density at radius 2 is 2.15 bits per heavy atom. The summed E-state index contributed by atoms with van der Waals surface area (Å²) in [5, 5.41) is 3.28.